The summed E-state index contributed by atoms with van der Waals surface area (Å²) in [6, 6.07) is 0. The van der Waals surface area contributed by atoms with Gasteiger partial charge in [0.15, 0.2) is 5.78 Å². The molecule has 0 spiro atoms. The lowest BCUT2D eigenvalue weighted by molar-refractivity contribution is -0.133. The van der Waals surface area contributed by atoms with Crippen molar-refractivity contribution in [3.8, 4) is 0 Å². The monoisotopic (exact) mass is 272 g/mol. The van der Waals surface area contributed by atoms with E-state index >= 15 is 0 Å². The molecule has 0 heterocycles. The molecule has 1 rings (SSSR count). The van der Waals surface area contributed by atoms with Crippen LogP contribution in [0.1, 0.15) is 51.0 Å². The first-order valence-electron chi connectivity index (χ1n) is 6.23. The van der Waals surface area contributed by atoms with Gasteiger partial charge in [0.1, 0.15) is 0 Å². The number of carbonyl (C=O) groups is 1. The molecule has 1 aromatic carbocycles. The predicted molar refractivity (Wildman–Crippen MR) is 69.7 cm³/mol. The number of alkyl halides is 3. The van der Waals surface area contributed by atoms with Crippen molar-refractivity contribution in [2.24, 2.45) is 0 Å². The molecule has 0 radical (unpaired) electrons. The van der Waals surface area contributed by atoms with E-state index in [9.17, 15) is 18.0 Å². The highest BCUT2D eigenvalue weighted by molar-refractivity contribution is 5.99. The second-order valence-electron chi connectivity index (χ2n) is 5.04. The van der Waals surface area contributed by atoms with Crippen molar-refractivity contribution < 1.29 is 18.0 Å². The second kappa shape index (κ2) is 5.35. The van der Waals surface area contributed by atoms with E-state index in [2.05, 4.69) is 0 Å². The summed E-state index contributed by atoms with van der Waals surface area (Å²) >= 11 is 0. The SMILES string of the molecule is Cc1c(C)c(C)c(C(=O)CCC(F)(F)F)c(C)c1C. The number of rotatable bonds is 3. The normalized spacial score (nSPS) is 11.8. The Morgan fingerprint density at radius 1 is 0.842 bits per heavy atom. The fraction of sp³-hybridized carbons (Fsp3) is 0.533. The van der Waals surface area contributed by atoms with Crippen LogP contribution in [0.5, 0.6) is 0 Å². The molecule has 1 aromatic rings. The number of Topliss-reactive ketones (excluding diaryl/α,β-unsaturated/α-hetero) is 1. The van der Waals surface area contributed by atoms with Crippen LogP contribution in [-0.2, 0) is 0 Å². The van der Waals surface area contributed by atoms with E-state index in [4.69, 9.17) is 0 Å². The van der Waals surface area contributed by atoms with Crippen molar-refractivity contribution in [1.82, 2.24) is 0 Å². The van der Waals surface area contributed by atoms with Crippen molar-refractivity contribution in [1.29, 1.82) is 0 Å². The molecule has 0 saturated carbocycles. The molecular formula is C15H19F3O. The highest BCUT2D eigenvalue weighted by atomic mass is 19.4. The van der Waals surface area contributed by atoms with E-state index in [-0.39, 0.29) is 0 Å². The smallest absolute Gasteiger partial charge is 0.294 e. The Morgan fingerprint density at radius 2 is 1.21 bits per heavy atom. The van der Waals surface area contributed by atoms with Gasteiger partial charge in [0.25, 0.3) is 0 Å². The van der Waals surface area contributed by atoms with E-state index in [1.165, 1.54) is 0 Å². The van der Waals surface area contributed by atoms with Crippen LogP contribution < -0.4 is 0 Å². The minimum Gasteiger partial charge on any atom is -0.294 e. The average Bonchev–Trinajstić information content (AvgIpc) is 2.31. The van der Waals surface area contributed by atoms with Crippen LogP contribution in [0.3, 0.4) is 0 Å². The second-order valence-corrected chi connectivity index (χ2v) is 5.04. The molecule has 0 amide bonds. The molecule has 1 nitrogen and oxygen atoms in total. The lowest BCUT2D eigenvalue weighted by Gasteiger charge is -2.18. The third-order valence-corrected chi connectivity index (χ3v) is 3.91. The van der Waals surface area contributed by atoms with Gasteiger partial charge >= 0.3 is 6.18 Å². The predicted octanol–water partition coefficient (Wildman–Crippen LogP) is 4.75. The highest BCUT2D eigenvalue weighted by Crippen LogP contribution is 2.29. The van der Waals surface area contributed by atoms with Crippen LogP contribution in [0.25, 0.3) is 0 Å². The van der Waals surface area contributed by atoms with Gasteiger partial charge in [-0.3, -0.25) is 4.79 Å². The largest absolute Gasteiger partial charge is 0.389 e. The first-order chi connectivity index (χ1) is 8.56. The Morgan fingerprint density at radius 3 is 1.58 bits per heavy atom. The van der Waals surface area contributed by atoms with Crippen LogP contribution in [0.2, 0.25) is 0 Å². The van der Waals surface area contributed by atoms with Gasteiger partial charge in [-0.25, -0.2) is 0 Å². The maximum Gasteiger partial charge on any atom is 0.389 e. The number of benzene rings is 1. The molecule has 0 fully saturated rings. The Kier molecular flexibility index (Phi) is 4.43. The average molecular weight is 272 g/mol. The molecule has 19 heavy (non-hydrogen) atoms. The quantitative estimate of drug-likeness (QED) is 0.725. The fourth-order valence-electron chi connectivity index (χ4n) is 2.30. The molecule has 0 bridgehead atoms. The molecule has 0 N–H and O–H groups in total. The van der Waals surface area contributed by atoms with E-state index < -0.39 is 24.8 Å². The fourth-order valence-corrected chi connectivity index (χ4v) is 2.30. The zero-order chi connectivity index (χ0) is 15.0. The van der Waals surface area contributed by atoms with Crippen LogP contribution in [-0.4, -0.2) is 12.0 Å². The number of carbonyl (C=O) groups excluding carboxylic acids is 1. The summed E-state index contributed by atoms with van der Waals surface area (Å²) in [7, 11) is 0. The Hall–Kier alpha value is -1.32. The number of hydrogen-bond acceptors (Lipinski definition) is 1. The van der Waals surface area contributed by atoms with Crippen molar-refractivity contribution in [3.63, 3.8) is 0 Å². The van der Waals surface area contributed by atoms with Crippen molar-refractivity contribution >= 4 is 5.78 Å². The summed E-state index contributed by atoms with van der Waals surface area (Å²) in [5, 5.41) is 0. The molecule has 0 aliphatic carbocycles. The minimum atomic E-state index is -4.29. The summed E-state index contributed by atoms with van der Waals surface area (Å²) in [6.45, 7) is 9.37. The van der Waals surface area contributed by atoms with Crippen molar-refractivity contribution in [2.75, 3.05) is 0 Å². The van der Waals surface area contributed by atoms with Gasteiger partial charge in [0.05, 0.1) is 6.42 Å². The molecule has 0 unspecified atom stereocenters. The maximum absolute atomic E-state index is 12.2. The van der Waals surface area contributed by atoms with Gasteiger partial charge in [-0.1, -0.05) is 0 Å². The van der Waals surface area contributed by atoms with E-state index in [1.807, 2.05) is 20.8 Å². The first-order valence-corrected chi connectivity index (χ1v) is 6.23. The van der Waals surface area contributed by atoms with E-state index in [0.717, 1.165) is 27.8 Å². The topological polar surface area (TPSA) is 17.1 Å². The lowest BCUT2D eigenvalue weighted by Crippen LogP contribution is -2.14. The molecule has 0 aliphatic heterocycles. The van der Waals surface area contributed by atoms with Crippen LogP contribution in [0.4, 0.5) is 13.2 Å². The molecule has 4 heteroatoms. The van der Waals surface area contributed by atoms with Gasteiger partial charge < -0.3 is 0 Å². The molecule has 106 valence electrons. The zero-order valence-corrected chi connectivity index (χ0v) is 12.0. The third-order valence-electron chi connectivity index (χ3n) is 3.91. The van der Waals surface area contributed by atoms with Gasteiger partial charge in [0, 0.05) is 12.0 Å². The number of ketones is 1. The van der Waals surface area contributed by atoms with Gasteiger partial charge in [0.2, 0.25) is 0 Å². The Labute approximate surface area is 111 Å². The molecular weight excluding hydrogens is 253 g/mol. The van der Waals surface area contributed by atoms with Gasteiger partial charge in [-0.15, -0.1) is 0 Å². The summed E-state index contributed by atoms with van der Waals surface area (Å²) < 4.78 is 36.6. The van der Waals surface area contributed by atoms with Crippen LogP contribution in [0, 0.1) is 34.6 Å². The van der Waals surface area contributed by atoms with Gasteiger partial charge in [-0.2, -0.15) is 13.2 Å². The van der Waals surface area contributed by atoms with E-state index in [1.54, 1.807) is 13.8 Å². The van der Waals surface area contributed by atoms with Crippen molar-refractivity contribution in [3.05, 3.63) is 33.4 Å². The Bertz CT molecular complexity index is 484. The zero-order valence-electron chi connectivity index (χ0n) is 12.0. The first kappa shape index (κ1) is 15.7. The van der Waals surface area contributed by atoms with Crippen molar-refractivity contribution in [2.45, 2.75) is 53.6 Å². The minimum absolute atomic E-state index is 0.418. The molecule has 0 aliphatic rings. The highest BCUT2D eigenvalue weighted by Gasteiger charge is 2.29. The molecule has 0 aromatic heterocycles. The standard InChI is InChI=1S/C15H19F3O/c1-8-9(2)11(4)14(12(5)10(8)3)13(19)6-7-15(16,17)18/h6-7H2,1-5H3. The number of halogens is 3. The maximum atomic E-state index is 12.2. The molecule has 0 atom stereocenters. The van der Waals surface area contributed by atoms with Crippen LogP contribution >= 0.6 is 0 Å². The van der Waals surface area contributed by atoms with E-state index in [0.29, 0.717) is 5.56 Å². The third kappa shape index (κ3) is 3.37. The summed E-state index contributed by atoms with van der Waals surface area (Å²) in [6.07, 6.45) is -5.82. The Balaban J connectivity index is 3.18. The summed E-state index contributed by atoms with van der Waals surface area (Å²) in [5.74, 6) is -0.418. The summed E-state index contributed by atoms with van der Waals surface area (Å²) in [4.78, 5) is 12.0. The molecule has 0 saturated heterocycles. The lowest BCUT2D eigenvalue weighted by atomic mass is 9.87. The number of hydrogen-bond donors (Lipinski definition) is 0. The summed E-state index contributed by atoms with van der Waals surface area (Å²) in [5.41, 5.74) is 5.13. The van der Waals surface area contributed by atoms with Crippen LogP contribution in [0.15, 0.2) is 0 Å². The van der Waals surface area contributed by atoms with Gasteiger partial charge in [-0.05, 0) is 62.4 Å².